The molecule has 0 saturated heterocycles. The molecule has 0 atom stereocenters. The van der Waals surface area contributed by atoms with Crippen LogP contribution in [-0.2, 0) is 12.6 Å². The van der Waals surface area contributed by atoms with Crippen LogP contribution < -0.4 is 15.4 Å². The Balaban J connectivity index is 1.58. The van der Waals surface area contributed by atoms with Gasteiger partial charge in [-0.25, -0.2) is 0 Å². The molecule has 0 aliphatic rings. The van der Waals surface area contributed by atoms with Crippen molar-refractivity contribution in [2.75, 3.05) is 19.0 Å². The second-order valence-corrected chi connectivity index (χ2v) is 6.75. The first-order chi connectivity index (χ1) is 13.3. The third-order valence-electron chi connectivity index (χ3n) is 4.46. The highest BCUT2D eigenvalue weighted by Crippen LogP contribution is 2.30. The Labute approximate surface area is 166 Å². The third-order valence-corrected chi connectivity index (χ3v) is 4.70. The maximum absolute atomic E-state index is 12.6. The number of alkyl halides is 3. The van der Waals surface area contributed by atoms with Gasteiger partial charge in [0, 0.05) is 28.8 Å². The van der Waals surface area contributed by atoms with Crippen molar-refractivity contribution in [2.24, 2.45) is 0 Å². The number of benzene rings is 2. The summed E-state index contributed by atoms with van der Waals surface area (Å²) in [5, 5.41) is 7.44. The molecule has 0 spiro atoms. The molecule has 0 radical (unpaired) electrons. The zero-order valence-corrected chi connectivity index (χ0v) is 16.2. The number of halogens is 3. The van der Waals surface area contributed by atoms with E-state index in [1.54, 1.807) is 7.11 Å². The molecule has 0 unspecified atom stereocenters. The van der Waals surface area contributed by atoms with Crippen LogP contribution in [0.5, 0.6) is 5.75 Å². The monoisotopic (exact) mass is 407 g/mol. The maximum Gasteiger partial charge on any atom is 0.416 e. The van der Waals surface area contributed by atoms with E-state index in [0.29, 0.717) is 17.3 Å². The van der Waals surface area contributed by atoms with Crippen LogP contribution >= 0.6 is 12.2 Å². The van der Waals surface area contributed by atoms with Crippen LogP contribution in [0.2, 0.25) is 0 Å². The largest absolute Gasteiger partial charge is 0.497 e. The summed E-state index contributed by atoms with van der Waals surface area (Å²) in [5.74, 6) is 0.792. The van der Waals surface area contributed by atoms with Gasteiger partial charge in [-0.15, -0.1) is 0 Å². The molecule has 0 fully saturated rings. The topological polar surface area (TPSA) is 49.1 Å². The number of hydrogen-bond donors (Lipinski definition) is 3. The van der Waals surface area contributed by atoms with E-state index in [1.807, 2.05) is 25.1 Å². The first kappa shape index (κ1) is 20.0. The van der Waals surface area contributed by atoms with Gasteiger partial charge in [0.05, 0.1) is 12.7 Å². The minimum absolute atomic E-state index is 0.356. The number of aromatic amines is 1. The fraction of sp³-hybridized carbons (Fsp3) is 0.250. The highest BCUT2D eigenvalue weighted by Gasteiger charge is 2.29. The summed E-state index contributed by atoms with van der Waals surface area (Å²) in [6.07, 6.45) is -3.62. The van der Waals surface area contributed by atoms with Gasteiger partial charge < -0.3 is 20.4 Å². The Hall–Kier alpha value is -2.74. The molecule has 3 aromatic rings. The van der Waals surface area contributed by atoms with Gasteiger partial charge in [0.2, 0.25) is 0 Å². The lowest BCUT2D eigenvalue weighted by Crippen LogP contribution is -2.30. The van der Waals surface area contributed by atoms with Gasteiger partial charge in [0.1, 0.15) is 5.75 Å². The Morgan fingerprint density at radius 1 is 1.14 bits per heavy atom. The second-order valence-electron chi connectivity index (χ2n) is 6.35. The molecule has 0 saturated carbocycles. The van der Waals surface area contributed by atoms with E-state index < -0.39 is 11.7 Å². The van der Waals surface area contributed by atoms with Gasteiger partial charge in [-0.1, -0.05) is 0 Å². The van der Waals surface area contributed by atoms with Crippen molar-refractivity contribution in [1.82, 2.24) is 10.3 Å². The summed E-state index contributed by atoms with van der Waals surface area (Å²) in [6.45, 7) is 2.60. The fourth-order valence-corrected chi connectivity index (χ4v) is 3.25. The molecule has 1 heterocycles. The fourth-order valence-electron chi connectivity index (χ4n) is 3.03. The Morgan fingerprint density at radius 2 is 1.86 bits per heavy atom. The Bertz CT molecular complexity index is 981. The van der Waals surface area contributed by atoms with Gasteiger partial charge in [0.25, 0.3) is 0 Å². The number of aryl methyl sites for hydroxylation is 1. The molecule has 0 aliphatic heterocycles. The van der Waals surface area contributed by atoms with Crippen molar-refractivity contribution < 1.29 is 17.9 Å². The summed E-state index contributed by atoms with van der Waals surface area (Å²) < 4.78 is 43.1. The summed E-state index contributed by atoms with van der Waals surface area (Å²) in [7, 11) is 1.63. The average molecular weight is 407 g/mol. The molecule has 0 aliphatic carbocycles. The van der Waals surface area contributed by atoms with Crippen molar-refractivity contribution in [3.05, 3.63) is 59.3 Å². The normalized spacial score (nSPS) is 11.5. The van der Waals surface area contributed by atoms with Gasteiger partial charge in [-0.2, -0.15) is 13.2 Å². The van der Waals surface area contributed by atoms with Crippen LogP contribution in [0.4, 0.5) is 18.9 Å². The van der Waals surface area contributed by atoms with Crippen molar-refractivity contribution in [3.63, 3.8) is 0 Å². The average Bonchev–Trinajstić information content (AvgIpc) is 2.96. The number of anilines is 1. The smallest absolute Gasteiger partial charge is 0.416 e. The third kappa shape index (κ3) is 4.56. The number of rotatable bonds is 5. The van der Waals surface area contributed by atoms with Gasteiger partial charge >= 0.3 is 6.18 Å². The number of thiocarbonyl (C=S) groups is 1. The number of H-pyrrole nitrogens is 1. The first-order valence-electron chi connectivity index (χ1n) is 8.65. The van der Waals surface area contributed by atoms with Gasteiger partial charge in [0.15, 0.2) is 5.11 Å². The lowest BCUT2D eigenvalue weighted by Gasteiger charge is -2.12. The molecule has 1 aromatic heterocycles. The molecule has 148 valence electrons. The molecular formula is C20H20F3N3OS. The van der Waals surface area contributed by atoms with Crippen LogP contribution in [-0.4, -0.2) is 23.8 Å². The standard InChI is InChI=1S/C20H20F3N3OS/c1-12-16(17-11-15(27-2)7-8-18(17)25-12)9-10-24-19(28)26-14-5-3-13(4-6-14)20(21,22)23/h3-8,11,25H,9-10H2,1-2H3,(H2,24,26,28). The summed E-state index contributed by atoms with van der Waals surface area (Å²) >= 11 is 5.23. The summed E-state index contributed by atoms with van der Waals surface area (Å²) in [5.41, 5.74) is 3.09. The van der Waals surface area contributed by atoms with Crippen LogP contribution in [0.15, 0.2) is 42.5 Å². The lowest BCUT2D eigenvalue weighted by molar-refractivity contribution is -0.137. The molecule has 3 N–H and O–H groups in total. The van der Waals surface area contributed by atoms with Gasteiger partial charge in [-0.3, -0.25) is 0 Å². The maximum atomic E-state index is 12.6. The lowest BCUT2D eigenvalue weighted by atomic mass is 10.1. The number of methoxy groups -OCH3 is 1. The first-order valence-corrected chi connectivity index (χ1v) is 9.06. The van der Waals surface area contributed by atoms with E-state index in [0.717, 1.165) is 40.9 Å². The molecular weight excluding hydrogens is 387 g/mol. The van der Waals surface area contributed by atoms with Crippen molar-refractivity contribution in [2.45, 2.75) is 19.5 Å². The quantitative estimate of drug-likeness (QED) is 0.519. The molecule has 28 heavy (non-hydrogen) atoms. The number of nitrogens with one attached hydrogen (secondary N) is 3. The molecule has 8 heteroatoms. The Morgan fingerprint density at radius 3 is 2.50 bits per heavy atom. The van der Waals surface area contributed by atoms with Crippen LogP contribution in [0, 0.1) is 6.92 Å². The zero-order chi connectivity index (χ0) is 20.3. The van der Waals surface area contributed by atoms with Crippen LogP contribution in [0.3, 0.4) is 0 Å². The number of hydrogen-bond acceptors (Lipinski definition) is 2. The van der Waals surface area contributed by atoms with Crippen molar-refractivity contribution in [3.8, 4) is 5.75 Å². The van der Waals surface area contributed by atoms with E-state index in [1.165, 1.54) is 17.7 Å². The predicted molar refractivity (Wildman–Crippen MR) is 109 cm³/mol. The van der Waals surface area contributed by atoms with Crippen molar-refractivity contribution in [1.29, 1.82) is 0 Å². The van der Waals surface area contributed by atoms with Crippen molar-refractivity contribution >= 4 is 33.9 Å². The molecule has 2 aromatic carbocycles. The number of aromatic nitrogens is 1. The summed E-state index contributed by atoms with van der Waals surface area (Å²) in [4.78, 5) is 3.35. The molecule has 0 bridgehead atoms. The number of fused-ring (bicyclic) bond motifs is 1. The predicted octanol–water partition coefficient (Wildman–Crippen LogP) is 5.03. The van der Waals surface area contributed by atoms with E-state index in [9.17, 15) is 13.2 Å². The van der Waals surface area contributed by atoms with E-state index in [4.69, 9.17) is 17.0 Å². The SMILES string of the molecule is COc1ccc2[nH]c(C)c(CCNC(=S)Nc3ccc(C(F)(F)F)cc3)c2c1. The van der Waals surface area contributed by atoms with Crippen LogP contribution in [0.25, 0.3) is 10.9 Å². The second kappa shape index (κ2) is 8.10. The number of ether oxygens (including phenoxy) is 1. The zero-order valence-electron chi connectivity index (χ0n) is 15.4. The highest BCUT2D eigenvalue weighted by molar-refractivity contribution is 7.80. The molecule has 3 rings (SSSR count). The minimum atomic E-state index is -4.35. The highest BCUT2D eigenvalue weighted by atomic mass is 32.1. The van der Waals surface area contributed by atoms with E-state index in [2.05, 4.69) is 15.6 Å². The molecule has 4 nitrogen and oxygen atoms in total. The minimum Gasteiger partial charge on any atom is -0.497 e. The molecule has 0 amide bonds. The van der Waals surface area contributed by atoms with E-state index in [-0.39, 0.29) is 0 Å². The Kier molecular flexibility index (Phi) is 5.79. The van der Waals surface area contributed by atoms with E-state index >= 15 is 0 Å². The van der Waals surface area contributed by atoms with Crippen LogP contribution in [0.1, 0.15) is 16.8 Å². The summed E-state index contributed by atoms with van der Waals surface area (Å²) in [6, 6.07) is 10.6. The van der Waals surface area contributed by atoms with Gasteiger partial charge in [-0.05, 0) is 73.6 Å².